The molecule has 108 valence electrons. The van der Waals surface area contributed by atoms with Crippen LogP contribution in [0.2, 0.25) is 0 Å². The van der Waals surface area contributed by atoms with Crippen molar-refractivity contribution in [1.82, 2.24) is 0 Å². The number of methoxy groups -OCH3 is 3. The van der Waals surface area contributed by atoms with Gasteiger partial charge in [0, 0.05) is 18.1 Å². The van der Waals surface area contributed by atoms with Crippen molar-refractivity contribution in [2.45, 2.75) is 13.8 Å². The zero-order valence-corrected chi connectivity index (χ0v) is 12.6. The molecule has 1 aromatic rings. The normalized spacial score (nSPS) is 10.4. The van der Waals surface area contributed by atoms with E-state index in [9.17, 15) is 4.79 Å². The van der Waals surface area contributed by atoms with Gasteiger partial charge in [-0.3, -0.25) is 0 Å². The second kappa shape index (κ2) is 6.97. The van der Waals surface area contributed by atoms with E-state index in [0.717, 1.165) is 5.56 Å². The van der Waals surface area contributed by atoms with Gasteiger partial charge in [0.1, 0.15) is 11.3 Å². The van der Waals surface area contributed by atoms with Crippen molar-refractivity contribution < 1.29 is 19.0 Å². The first-order valence-corrected chi connectivity index (χ1v) is 6.22. The number of benzene rings is 1. The molecule has 4 nitrogen and oxygen atoms in total. The van der Waals surface area contributed by atoms with Gasteiger partial charge in [0.2, 0.25) is 0 Å². The summed E-state index contributed by atoms with van der Waals surface area (Å²) < 4.78 is 15.0. The minimum absolute atomic E-state index is 0.233. The standard InChI is InChI=1S/C16H20O4/c1-16(2,11-18-3)9-8-12-6-7-13(15(17)20-5)14(10-12)19-4/h6-7,10H,11H2,1-5H3. The third kappa shape index (κ3) is 4.29. The van der Waals surface area contributed by atoms with Crippen molar-refractivity contribution >= 4 is 5.97 Å². The monoisotopic (exact) mass is 276 g/mol. The van der Waals surface area contributed by atoms with E-state index in [0.29, 0.717) is 17.9 Å². The molecule has 0 radical (unpaired) electrons. The van der Waals surface area contributed by atoms with Gasteiger partial charge in [0.05, 0.1) is 20.8 Å². The van der Waals surface area contributed by atoms with E-state index in [4.69, 9.17) is 14.2 Å². The third-order valence-electron chi connectivity index (χ3n) is 2.66. The van der Waals surface area contributed by atoms with E-state index < -0.39 is 5.97 Å². The Labute approximate surface area is 120 Å². The fourth-order valence-corrected chi connectivity index (χ4v) is 1.69. The molecule has 0 fully saturated rings. The molecule has 20 heavy (non-hydrogen) atoms. The minimum Gasteiger partial charge on any atom is -0.496 e. The van der Waals surface area contributed by atoms with Crippen molar-refractivity contribution in [1.29, 1.82) is 0 Å². The van der Waals surface area contributed by atoms with Gasteiger partial charge in [0.15, 0.2) is 0 Å². The smallest absolute Gasteiger partial charge is 0.341 e. The summed E-state index contributed by atoms with van der Waals surface area (Å²) in [5.74, 6) is 6.23. The Morgan fingerprint density at radius 1 is 1.25 bits per heavy atom. The molecule has 4 heteroatoms. The summed E-state index contributed by atoms with van der Waals surface area (Å²) in [6, 6.07) is 5.14. The summed E-state index contributed by atoms with van der Waals surface area (Å²) in [7, 11) is 4.49. The van der Waals surface area contributed by atoms with Crippen LogP contribution < -0.4 is 4.74 Å². The van der Waals surface area contributed by atoms with Crippen molar-refractivity contribution in [3.8, 4) is 17.6 Å². The molecule has 0 aliphatic rings. The highest BCUT2D eigenvalue weighted by Crippen LogP contribution is 2.21. The maximum atomic E-state index is 11.6. The van der Waals surface area contributed by atoms with Crippen molar-refractivity contribution in [2.24, 2.45) is 5.41 Å². The van der Waals surface area contributed by atoms with Gasteiger partial charge in [0.25, 0.3) is 0 Å². The molecule has 0 amide bonds. The number of carbonyl (C=O) groups is 1. The van der Waals surface area contributed by atoms with Crippen LogP contribution in [0, 0.1) is 17.3 Å². The van der Waals surface area contributed by atoms with Crippen LogP contribution in [0.3, 0.4) is 0 Å². The Morgan fingerprint density at radius 2 is 1.95 bits per heavy atom. The lowest BCUT2D eigenvalue weighted by Crippen LogP contribution is -2.15. The number of carbonyl (C=O) groups excluding carboxylic acids is 1. The van der Waals surface area contributed by atoms with Crippen LogP contribution in [-0.4, -0.2) is 33.9 Å². The van der Waals surface area contributed by atoms with E-state index >= 15 is 0 Å². The molecule has 1 aromatic carbocycles. The molecule has 0 aliphatic carbocycles. The Bertz CT molecular complexity index is 535. The van der Waals surface area contributed by atoms with Crippen molar-refractivity contribution in [3.63, 3.8) is 0 Å². The van der Waals surface area contributed by atoms with Gasteiger partial charge in [-0.15, -0.1) is 0 Å². The van der Waals surface area contributed by atoms with Crippen LogP contribution >= 0.6 is 0 Å². The fraction of sp³-hybridized carbons (Fsp3) is 0.438. The number of ether oxygens (including phenoxy) is 3. The Morgan fingerprint density at radius 3 is 2.50 bits per heavy atom. The number of hydrogen-bond donors (Lipinski definition) is 0. The van der Waals surface area contributed by atoms with Crippen LogP contribution in [0.1, 0.15) is 29.8 Å². The summed E-state index contributed by atoms with van der Waals surface area (Å²) in [6.45, 7) is 4.56. The molecule has 0 heterocycles. The lowest BCUT2D eigenvalue weighted by Gasteiger charge is -2.15. The number of rotatable bonds is 4. The van der Waals surface area contributed by atoms with Gasteiger partial charge in [-0.25, -0.2) is 4.79 Å². The van der Waals surface area contributed by atoms with Gasteiger partial charge < -0.3 is 14.2 Å². The highest BCUT2D eigenvalue weighted by atomic mass is 16.5. The maximum absolute atomic E-state index is 11.6. The molecule has 0 N–H and O–H groups in total. The summed E-state index contributed by atoms with van der Waals surface area (Å²) in [5.41, 5.74) is 0.929. The van der Waals surface area contributed by atoms with Crippen LogP contribution in [-0.2, 0) is 9.47 Å². The first-order chi connectivity index (χ1) is 9.43. The van der Waals surface area contributed by atoms with E-state index in [1.54, 1.807) is 25.3 Å². The largest absolute Gasteiger partial charge is 0.496 e. The average molecular weight is 276 g/mol. The van der Waals surface area contributed by atoms with Gasteiger partial charge in [-0.05, 0) is 32.0 Å². The summed E-state index contributed by atoms with van der Waals surface area (Å²) in [6.07, 6.45) is 0. The van der Waals surface area contributed by atoms with Crippen LogP contribution in [0.25, 0.3) is 0 Å². The number of hydrogen-bond acceptors (Lipinski definition) is 4. The van der Waals surface area contributed by atoms with E-state index in [2.05, 4.69) is 11.8 Å². The number of esters is 1. The molecule has 0 bridgehead atoms. The molecule has 0 unspecified atom stereocenters. The highest BCUT2D eigenvalue weighted by molar-refractivity contribution is 5.92. The Kier molecular flexibility index (Phi) is 5.60. The molecule has 0 atom stereocenters. The summed E-state index contributed by atoms with van der Waals surface area (Å²) in [5, 5.41) is 0. The van der Waals surface area contributed by atoms with Crippen LogP contribution in [0.4, 0.5) is 0 Å². The van der Waals surface area contributed by atoms with Gasteiger partial charge >= 0.3 is 5.97 Å². The van der Waals surface area contributed by atoms with Gasteiger partial charge in [-0.1, -0.05) is 11.8 Å². The second-order valence-corrected chi connectivity index (χ2v) is 4.97. The van der Waals surface area contributed by atoms with E-state index in [-0.39, 0.29) is 5.41 Å². The quantitative estimate of drug-likeness (QED) is 0.626. The summed E-state index contributed by atoms with van der Waals surface area (Å²) in [4.78, 5) is 11.6. The van der Waals surface area contributed by atoms with Crippen LogP contribution in [0.15, 0.2) is 18.2 Å². The van der Waals surface area contributed by atoms with E-state index in [1.807, 2.05) is 13.8 Å². The SMILES string of the molecule is COCC(C)(C)C#Cc1ccc(C(=O)OC)c(OC)c1. The van der Waals surface area contributed by atoms with Crippen molar-refractivity contribution in [3.05, 3.63) is 29.3 Å². The lowest BCUT2D eigenvalue weighted by atomic mass is 9.95. The zero-order valence-electron chi connectivity index (χ0n) is 12.6. The van der Waals surface area contributed by atoms with E-state index in [1.165, 1.54) is 14.2 Å². The lowest BCUT2D eigenvalue weighted by molar-refractivity contribution is 0.0597. The molecule has 1 rings (SSSR count). The topological polar surface area (TPSA) is 44.8 Å². The Hall–Kier alpha value is -1.99. The molecule has 0 spiro atoms. The second-order valence-electron chi connectivity index (χ2n) is 4.97. The highest BCUT2D eigenvalue weighted by Gasteiger charge is 2.14. The first kappa shape index (κ1) is 16.1. The van der Waals surface area contributed by atoms with Crippen LogP contribution in [0.5, 0.6) is 5.75 Å². The minimum atomic E-state index is -0.430. The fourth-order valence-electron chi connectivity index (χ4n) is 1.69. The molecule has 0 saturated heterocycles. The van der Waals surface area contributed by atoms with Crippen molar-refractivity contribution in [2.75, 3.05) is 27.9 Å². The first-order valence-electron chi connectivity index (χ1n) is 6.22. The maximum Gasteiger partial charge on any atom is 0.341 e. The Balaban J connectivity index is 3.06. The molecular formula is C16H20O4. The average Bonchev–Trinajstić information content (AvgIpc) is 2.44. The molecule has 0 aliphatic heterocycles. The molecule has 0 saturated carbocycles. The predicted molar refractivity (Wildman–Crippen MR) is 76.9 cm³/mol. The zero-order chi connectivity index (χ0) is 15.2. The predicted octanol–water partition coefficient (Wildman–Crippen LogP) is 2.51. The molecule has 0 aromatic heterocycles. The molecular weight excluding hydrogens is 256 g/mol. The summed E-state index contributed by atoms with van der Waals surface area (Å²) >= 11 is 0. The van der Waals surface area contributed by atoms with Gasteiger partial charge in [-0.2, -0.15) is 0 Å². The third-order valence-corrected chi connectivity index (χ3v) is 2.66.